The summed E-state index contributed by atoms with van der Waals surface area (Å²) in [6.07, 6.45) is 47.2. The molecule has 0 aromatic rings. The molecule has 0 radical (unpaired) electrons. The number of allylic oxidation sites excluding steroid dienone is 7. The minimum atomic E-state index is -1.61. The summed E-state index contributed by atoms with van der Waals surface area (Å²) >= 11 is 0. The topological polar surface area (TPSA) is 175 Å². The average Bonchev–Trinajstić information content (AvgIpc) is 3.37. The van der Waals surface area contributed by atoms with Gasteiger partial charge in [-0.05, 0) is 64.2 Å². The first-order chi connectivity index (χ1) is 34.7. The molecule has 0 saturated carbocycles. The fourth-order valence-electron chi connectivity index (χ4n) is 9.01. The zero-order valence-electron chi connectivity index (χ0n) is 45.6. The lowest BCUT2D eigenvalue weighted by molar-refractivity contribution is -0.305. The molecule has 1 rings (SSSR count). The first kappa shape index (κ1) is 66.6. The number of aliphatic hydroxyl groups excluding tert-OH is 5. The highest BCUT2D eigenvalue weighted by molar-refractivity contribution is 5.80. The number of ether oxygens (including phenoxy) is 3. The molecule has 0 spiro atoms. The van der Waals surface area contributed by atoms with Crippen LogP contribution in [0.4, 0.5) is 0 Å². The van der Waals surface area contributed by atoms with Crippen molar-refractivity contribution in [2.45, 2.75) is 307 Å². The van der Waals surface area contributed by atoms with Crippen LogP contribution in [0, 0.1) is 0 Å². The van der Waals surface area contributed by atoms with Gasteiger partial charge < -0.3 is 45.1 Å². The molecule has 0 aromatic carbocycles. The molecule has 71 heavy (non-hydrogen) atoms. The number of carbonyl (C=O) groups is 2. The number of aliphatic hydroxyl groups is 5. The Morgan fingerprint density at radius 2 is 0.972 bits per heavy atom. The maximum Gasteiger partial charge on any atom is 0.306 e. The van der Waals surface area contributed by atoms with Gasteiger partial charge in [0.15, 0.2) is 12.4 Å². The lowest BCUT2D eigenvalue weighted by Gasteiger charge is -2.41. The van der Waals surface area contributed by atoms with Crippen LogP contribution in [0.25, 0.3) is 0 Å². The van der Waals surface area contributed by atoms with Crippen LogP contribution >= 0.6 is 0 Å². The Hall–Kier alpha value is -2.38. The summed E-state index contributed by atoms with van der Waals surface area (Å²) in [5.74, 6) is -1.20. The van der Waals surface area contributed by atoms with Crippen molar-refractivity contribution in [1.29, 1.82) is 0 Å². The molecule has 8 unspecified atom stereocenters. The van der Waals surface area contributed by atoms with E-state index in [4.69, 9.17) is 14.2 Å². The van der Waals surface area contributed by atoms with E-state index in [0.29, 0.717) is 12.8 Å². The van der Waals surface area contributed by atoms with Gasteiger partial charge in [0.1, 0.15) is 24.4 Å². The van der Waals surface area contributed by atoms with Gasteiger partial charge in [-0.25, -0.2) is 0 Å². The molecule has 1 heterocycles. The second-order valence-corrected chi connectivity index (χ2v) is 20.4. The van der Waals surface area contributed by atoms with Gasteiger partial charge in [0, 0.05) is 6.42 Å². The number of rotatable bonds is 49. The van der Waals surface area contributed by atoms with E-state index >= 15 is 0 Å². The minimum Gasteiger partial charge on any atom is -0.454 e. The van der Waals surface area contributed by atoms with E-state index in [1.54, 1.807) is 6.08 Å². The predicted molar refractivity (Wildman–Crippen MR) is 292 cm³/mol. The summed E-state index contributed by atoms with van der Waals surface area (Å²) in [6, 6.07) is -1.03. The summed E-state index contributed by atoms with van der Waals surface area (Å²) in [7, 11) is 0. The highest BCUT2D eigenvalue weighted by Crippen LogP contribution is 2.26. The summed E-state index contributed by atoms with van der Waals surface area (Å²) in [6.45, 7) is 5.74. The number of esters is 1. The summed E-state index contributed by atoms with van der Waals surface area (Å²) < 4.78 is 17.6. The maximum atomic E-state index is 13.4. The van der Waals surface area contributed by atoms with Crippen LogP contribution in [0.5, 0.6) is 0 Å². The van der Waals surface area contributed by atoms with E-state index in [1.807, 2.05) is 6.08 Å². The van der Waals surface area contributed by atoms with Crippen molar-refractivity contribution in [2.24, 2.45) is 0 Å². The molecule has 0 aliphatic carbocycles. The lowest BCUT2D eigenvalue weighted by Crippen LogP contribution is -2.61. The third-order valence-electron chi connectivity index (χ3n) is 13.7. The van der Waals surface area contributed by atoms with E-state index in [0.717, 1.165) is 83.5 Å². The molecule has 0 bridgehead atoms. The normalized spacial score (nSPS) is 19.9. The fourth-order valence-corrected chi connectivity index (χ4v) is 9.01. The first-order valence-electron chi connectivity index (χ1n) is 29.4. The van der Waals surface area contributed by atoms with Gasteiger partial charge in [-0.2, -0.15) is 0 Å². The maximum absolute atomic E-state index is 13.4. The molecule has 11 nitrogen and oxygen atoms in total. The number of unbranched alkanes of at least 4 members (excludes halogenated alkanes) is 29. The van der Waals surface area contributed by atoms with E-state index in [2.05, 4.69) is 62.5 Å². The molecular weight excluding hydrogens is 895 g/mol. The molecule has 1 saturated heterocycles. The average molecular weight is 1000 g/mol. The van der Waals surface area contributed by atoms with Crippen molar-refractivity contribution in [1.82, 2.24) is 5.32 Å². The minimum absolute atomic E-state index is 0.124. The number of nitrogens with one attached hydrogen (secondary N) is 1. The van der Waals surface area contributed by atoms with Gasteiger partial charge in [0.05, 0.1) is 25.4 Å². The van der Waals surface area contributed by atoms with Gasteiger partial charge >= 0.3 is 5.97 Å². The second kappa shape index (κ2) is 48.6. The van der Waals surface area contributed by atoms with Crippen molar-refractivity contribution in [3.05, 3.63) is 48.6 Å². The molecule has 1 aliphatic rings. The Morgan fingerprint density at radius 1 is 0.549 bits per heavy atom. The van der Waals surface area contributed by atoms with E-state index in [9.17, 15) is 35.1 Å². The first-order valence-corrected chi connectivity index (χ1v) is 29.4. The molecule has 1 fully saturated rings. The van der Waals surface area contributed by atoms with Gasteiger partial charge in [0.2, 0.25) is 5.91 Å². The fraction of sp³-hybridized carbons (Fsp3) is 0.833. The van der Waals surface area contributed by atoms with Gasteiger partial charge in [-0.15, -0.1) is 0 Å². The van der Waals surface area contributed by atoms with Crippen LogP contribution in [0.3, 0.4) is 0 Å². The molecule has 1 amide bonds. The quantitative estimate of drug-likeness (QED) is 0.0195. The molecule has 414 valence electrons. The highest BCUT2D eigenvalue weighted by atomic mass is 16.7. The van der Waals surface area contributed by atoms with Crippen LogP contribution < -0.4 is 5.32 Å². The standard InChI is InChI=1S/C60H109NO10/c1-4-7-10-13-16-19-22-24-25-26-27-28-30-33-35-38-41-44-47-53(64)59(68)61-51(52(63)46-43-40-37-34-32-29-23-20-17-14-11-8-5-2)50-69-60-58(57(67)56(66)54(49-62)70-60)71-55(65)48-45-42-39-36-31-21-18-15-12-9-6-3/h16,19,24-25,27-28,43,46,51-54,56-58,60,62-64,66-67H,4-15,17-18,20-23,26,29-42,44-45,47-50H2,1-3H3,(H,61,68)/b19-16-,25-24-,28-27-,46-43+. The molecular formula is C60H109NO10. The largest absolute Gasteiger partial charge is 0.454 e. The van der Waals surface area contributed by atoms with Gasteiger partial charge in [0.25, 0.3) is 0 Å². The third kappa shape index (κ3) is 37.1. The molecule has 8 atom stereocenters. The highest BCUT2D eigenvalue weighted by Gasteiger charge is 2.47. The van der Waals surface area contributed by atoms with Crippen molar-refractivity contribution < 1.29 is 49.3 Å². The second-order valence-electron chi connectivity index (χ2n) is 20.4. The summed E-state index contributed by atoms with van der Waals surface area (Å²) in [4.78, 5) is 26.4. The van der Waals surface area contributed by atoms with Crippen molar-refractivity contribution in [2.75, 3.05) is 13.2 Å². The predicted octanol–water partition coefficient (Wildman–Crippen LogP) is 13.3. The van der Waals surface area contributed by atoms with Crippen LogP contribution in [-0.2, 0) is 23.8 Å². The van der Waals surface area contributed by atoms with Crippen LogP contribution in [0.2, 0.25) is 0 Å². The van der Waals surface area contributed by atoms with Crippen molar-refractivity contribution in [3.8, 4) is 0 Å². The molecule has 0 aromatic heterocycles. The van der Waals surface area contributed by atoms with E-state index in [1.165, 1.54) is 128 Å². The SMILES string of the molecule is CCCCC/C=C\C/C=C\C/C=C\CCCCCCCC(O)C(=O)NC(COC1OC(CO)C(O)C(O)C1OC(=O)CCCCCCCCCCCCC)C(O)/C=C/CCCCCCCCCCCCC. The zero-order valence-corrected chi connectivity index (χ0v) is 45.6. The molecule has 11 heteroatoms. The lowest BCUT2D eigenvalue weighted by atomic mass is 9.99. The van der Waals surface area contributed by atoms with Crippen LogP contribution in [0.15, 0.2) is 48.6 Å². The van der Waals surface area contributed by atoms with Crippen molar-refractivity contribution >= 4 is 11.9 Å². The van der Waals surface area contributed by atoms with E-state index < -0.39 is 67.4 Å². The third-order valence-corrected chi connectivity index (χ3v) is 13.7. The monoisotopic (exact) mass is 1000 g/mol. The number of hydrogen-bond donors (Lipinski definition) is 6. The van der Waals surface area contributed by atoms with E-state index in [-0.39, 0.29) is 19.4 Å². The Labute approximate surface area is 434 Å². The zero-order chi connectivity index (χ0) is 51.8. The van der Waals surface area contributed by atoms with Gasteiger partial charge in [-0.3, -0.25) is 9.59 Å². The Morgan fingerprint density at radius 3 is 1.48 bits per heavy atom. The van der Waals surface area contributed by atoms with Crippen molar-refractivity contribution in [3.63, 3.8) is 0 Å². The van der Waals surface area contributed by atoms with Crippen LogP contribution in [0.1, 0.15) is 258 Å². The number of amides is 1. The van der Waals surface area contributed by atoms with Gasteiger partial charge in [-0.1, -0.05) is 236 Å². The Balaban J connectivity index is 2.73. The Bertz CT molecular complexity index is 1340. The Kier molecular flexibility index (Phi) is 45.6. The molecule has 1 aliphatic heterocycles. The smallest absolute Gasteiger partial charge is 0.306 e. The summed E-state index contributed by atoms with van der Waals surface area (Å²) in [5.41, 5.74) is 0. The number of hydrogen-bond acceptors (Lipinski definition) is 10. The van der Waals surface area contributed by atoms with Crippen LogP contribution in [-0.4, -0.2) is 99.6 Å². The summed E-state index contributed by atoms with van der Waals surface area (Å²) in [5, 5.41) is 56.8. The number of carbonyl (C=O) groups excluding carboxylic acids is 2. The molecule has 6 N–H and O–H groups in total.